The van der Waals surface area contributed by atoms with E-state index in [0.29, 0.717) is 24.1 Å². The van der Waals surface area contributed by atoms with Crippen LogP contribution in [0.1, 0.15) is 32.6 Å². The van der Waals surface area contributed by atoms with E-state index in [-0.39, 0.29) is 5.97 Å². The highest BCUT2D eigenvalue weighted by Crippen LogP contribution is 2.17. The summed E-state index contributed by atoms with van der Waals surface area (Å²) in [5.41, 5.74) is 5.62. The van der Waals surface area contributed by atoms with E-state index in [9.17, 15) is 4.79 Å². The lowest BCUT2D eigenvalue weighted by molar-refractivity contribution is -0.145. The van der Waals surface area contributed by atoms with Crippen molar-refractivity contribution in [2.75, 3.05) is 26.2 Å². The van der Waals surface area contributed by atoms with Gasteiger partial charge in [-0.05, 0) is 32.4 Å². The van der Waals surface area contributed by atoms with Crippen molar-refractivity contribution >= 4 is 23.2 Å². The van der Waals surface area contributed by atoms with Crippen molar-refractivity contribution in [3.05, 3.63) is 0 Å². The summed E-state index contributed by atoms with van der Waals surface area (Å²) in [7, 11) is 0. The Morgan fingerprint density at radius 3 is 2.65 bits per heavy atom. The normalized spacial score (nSPS) is 17.9. The van der Waals surface area contributed by atoms with Crippen molar-refractivity contribution in [1.82, 2.24) is 4.90 Å². The van der Waals surface area contributed by atoms with Gasteiger partial charge in [0.2, 0.25) is 0 Å². The first kappa shape index (κ1) is 14.4. The lowest BCUT2D eigenvalue weighted by Gasteiger charge is -2.30. The summed E-state index contributed by atoms with van der Waals surface area (Å²) in [5.74, 6) is 0.226. The summed E-state index contributed by atoms with van der Waals surface area (Å²) in [6.45, 7) is 4.77. The molecular weight excluding hydrogens is 236 g/mol. The number of thiocarbonyl (C=S) groups is 1. The molecule has 1 fully saturated rings. The van der Waals surface area contributed by atoms with Crippen LogP contribution < -0.4 is 5.73 Å². The van der Waals surface area contributed by atoms with E-state index in [2.05, 4.69) is 11.8 Å². The molecule has 0 aliphatic carbocycles. The largest absolute Gasteiger partial charge is 0.465 e. The van der Waals surface area contributed by atoms with Crippen molar-refractivity contribution in [2.24, 2.45) is 11.7 Å². The van der Waals surface area contributed by atoms with Gasteiger partial charge in [0.05, 0.1) is 18.1 Å². The Hall–Kier alpha value is -0.680. The third-order valence-electron chi connectivity index (χ3n) is 3.10. The van der Waals surface area contributed by atoms with Gasteiger partial charge < -0.3 is 10.5 Å². The number of carbonyl (C=O) groups excluding carboxylic acids is 1. The number of nitrogens with two attached hydrogens (primary N) is 1. The molecule has 1 heterocycles. The number of rotatable bonds is 6. The average molecular weight is 258 g/mol. The summed E-state index contributed by atoms with van der Waals surface area (Å²) >= 11 is 4.98. The number of unbranched alkanes of at least 4 members (excludes halogenated alkanes) is 1. The molecule has 0 saturated carbocycles. The molecule has 1 aliphatic rings. The van der Waals surface area contributed by atoms with Crippen LogP contribution in [-0.4, -0.2) is 42.1 Å². The topological polar surface area (TPSA) is 55.6 Å². The van der Waals surface area contributed by atoms with Crippen molar-refractivity contribution in [3.8, 4) is 0 Å². The van der Waals surface area contributed by atoms with E-state index < -0.39 is 0 Å². The summed E-state index contributed by atoms with van der Waals surface area (Å²) in [5, 5.41) is 0. The Bertz CT molecular complexity index is 263. The van der Waals surface area contributed by atoms with E-state index in [1.807, 2.05) is 0 Å². The van der Waals surface area contributed by atoms with Crippen LogP contribution in [0.15, 0.2) is 0 Å². The maximum Gasteiger partial charge on any atom is 0.320 e. The second kappa shape index (κ2) is 7.61. The van der Waals surface area contributed by atoms with Gasteiger partial charge in [-0.25, -0.2) is 0 Å². The fraction of sp³-hybridized carbons (Fsp3) is 0.833. The lowest BCUT2D eigenvalue weighted by Crippen LogP contribution is -2.40. The third kappa shape index (κ3) is 5.46. The molecule has 0 aromatic rings. The Morgan fingerprint density at radius 1 is 1.47 bits per heavy atom. The zero-order valence-corrected chi connectivity index (χ0v) is 11.3. The Morgan fingerprint density at radius 2 is 2.12 bits per heavy atom. The van der Waals surface area contributed by atoms with Crippen LogP contribution in [0.25, 0.3) is 0 Å². The number of hydrogen-bond donors (Lipinski definition) is 1. The molecule has 98 valence electrons. The average Bonchev–Trinajstić information content (AvgIpc) is 2.30. The monoisotopic (exact) mass is 258 g/mol. The number of likely N-dealkylation sites (tertiary alicyclic amines) is 1. The molecule has 1 rings (SSSR count). The molecule has 0 amide bonds. The number of esters is 1. The van der Waals surface area contributed by atoms with Gasteiger partial charge in [-0.3, -0.25) is 9.69 Å². The molecule has 0 unspecified atom stereocenters. The smallest absolute Gasteiger partial charge is 0.320 e. The molecule has 1 saturated heterocycles. The van der Waals surface area contributed by atoms with Gasteiger partial charge in [0.15, 0.2) is 0 Å². The van der Waals surface area contributed by atoms with Gasteiger partial charge in [-0.2, -0.15) is 0 Å². The quantitative estimate of drug-likeness (QED) is 0.442. The summed E-state index contributed by atoms with van der Waals surface area (Å²) < 4.78 is 5.13. The first-order valence-corrected chi connectivity index (χ1v) is 6.71. The van der Waals surface area contributed by atoms with Crippen molar-refractivity contribution in [3.63, 3.8) is 0 Å². The Labute approximate surface area is 108 Å². The minimum Gasteiger partial charge on any atom is -0.465 e. The molecular formula is C12H22N2O2S. The van der Waals surface area contributed by atoms with Crippen LogP contribution in [0.4, 0.5) is 0 Å². The minimum atomic E-state index is -0.118. The molecule has 0 spiro atoms. The van der Waals surface area contributed by atoms with Crippen LogP contribution in [0, 0.1) is 5.92 Å². The van der Waals surface area contributed by atoms with Gasteiger partial charge in [-0.15, -0.1) is 0 Å². The molecule has 17 heavy (non-hydrogen) atoms. The molecule has 0 radical (unpaired) electrons. The van der Waals surface area contributed by atoms with Crippen LogP contribution >= 0.6 is 12.2 Å². The van der Waals surface area contributed by atoms with Crippen molar-refractivity contribution in [1.29, 1.82) is 0 Å². The SMILES string of the molecule is CCCCOC(=O)CN1CCC(C(N)=S)CC1. The van der Waals surface area contributed by atoms with Crippen LogP contribution in [0.3, 0.4) is 0 Å². The van der Waals surface area contributed by atoms with Gasteiger partial charge in [0.25, 0.3) is 0 Å². The summed E-state index contributed by atoms with van der Waals surface area (Å²) in [4.78, 5) is 14.2. The van der Waals surface area contributed by atoms with Crippen LogP contribution in [-0.2, 0) is 9.53 Å². The molecule has 1 aliphatic heterocycles. The maximum atomic E-state index is 11.5. The molecule has 0 aromatic carbocycles. The second-order valence-electron chi connectivity index (χ2n) is 4.53. The molecule has 5 heteroatoms. The first-order valence-electron chi connectivity index (χ1n) is 6.30. The lowest BCUT2D eigenvalue weighted by atomic mass is 9.97. The molecule has 0 bridgehead atoms. The van der Waals surface area contributed by atoms with E-state index >= 15 is 0 Å². The predicted octanol–water partition coefficient (Wildman–Crippen LogP) is 1.33. The van der Waals surface area contributed by atoms with E-state index in [4.69, 9.17) is 22.7 Å². The molecule has 4 nitrogen and oxygen atoms in total. The molecule has 0 aromatic heterocycles. The standard InChI is InChI=1S/C12H22N2O2S/c1-2-3-8-16-11(15)9-14-6-4-10(5-7-14)12(13)17/h10H,2-9H2,1H3,(H2,13,17). The summed E-state index contributed by atoms with van der Waals surface area (Å²) in [6.07, 6.45) is 3.90. The van der Waals surface area contributed by atoms with E-state index in [1.54, 1.807) is 0 Å². The highest BCUT2D eigenvalue weighted by molar-refractivity contribution is 7.80. The Kier molecular flexibility index (Phi) is 6.44. The zero-order valence-electron chi connectivity index (χ0n) is 10.5. The summed E-state index contributed by atoms with van der Waals surface area (Å²) in [6, 6.07) is 0. The van der Waals surface area contributed by atoms with Gasteiger partial charge in [0.1, 0.15) is 0 Å². The maximum absolute atomic E-state index is 11.5. The van der Waals surface area contributed by atoms with E-state index in [1.165, 1.54) is 0 Å². The molecule has 0 atom stereocenters. The highest BCUT2D eigenvalue weighted by atomic mass is 32.1. The van der Waals surface area contributed by atoms with Crippen molar-refractivity contribution < 1.29 is 9.53 Å². The second-order valence-corrected chi connectivity index (χ2v) is 5.00. The number of carbonyl (C=O) groups is 1. The van der Waals surface area contributed by atoms with Gasteiger partial charge >= 0.3 is 5.97 Å². The van der Waals surface area contributed by atoms with E-state index in [0.717, 1.165) is 38.8 Å². The third-order valence-corrected chi connectivity index (χ3v) is 3.44. The molecule has 2 N–H and O–H groups in total. The zero-order chi connectivity index (χ0) is 12.7. The fourth-order valence-corrected chi connectivity index (χ4v) is 2.17. The fourth-order valence-electron chi connectivity index (χ4n) is 1.93. The predicted molar refractivity (Wildman–Crippen MR) is 71.8 cm³/mol. The number of nitrogens with zero attached hydrogens (tertiary/aromatic N) is 1. The Balaban J connectivity index is 2.17. The number of piperidine rings is 1. The number of hydrogen-bond acceptors (Lipinski definition) is 4. The van der Waals surface area contributed by atoms with Gasteiger partial charge in [0, 0.05) is 5.92 Å². The van der Waals surface area contributed by atoms with Gasteiger partial charge in [-0.1, -0.05) is 25.6 Å². The number of ether oxygens (including phenoxy) is 1. The first-order chi connectivity index (χ1) is 8.13. The van der Waals surface area contributed by atoms with Crippen LogP contribution in [0.5, 0.6) is 0 Å². The van der Waals surface area contributed by atoms with Crippen molar-refractivity contribution in [2.45, 2.75) is 32.6 Å². The van der Waals surface area contributed by atoms with Crippen LogP contribution in [0.2, 0.25) is 0 Å². The highest BCUT2D eigenvalue weighted by Gasteiger charge is 2.22. The minimum absolute atomic E-state index is 0.118.